The summed E-state index contributed by atoms with van der Waals surface area (Å²) < 4.78 is 72.7. The van der Waals surface area contributed by atoms with Gasteiger partial charge in [0.2, 0.25) is 5.95 Å². The zero-order valence-corrected chi connectivity index (χ0v) is 26.5. The Bertz CT molecular complexity index is 1890. The molecular weight excluding hydrogens is 640 g/mol. The van der Waals surface area contributed by atoms with Crippen LogP contribution < -0.4 is 25.8 Å². The third-order valence-electron chi connectivity index (χ3n) is 10.5. The molecule has 2 aromatic heterocycles. The van der Waals surface area contributed by atoms with Gasteiger partial charge in [0.05, 0.1) is 33.0 Å². The maximum Gasteiger partial charge on any atom is 0.321 e. The van der Waals surface area contributed by atoms with Crippen molar-refractivity contribution >= 4 is 45.3 Å². The summed E-state index contributed by atoms with van der Waals surface area (Å²) in [6.07, 6.45) is 2.76. The molecule has 4 N–H and O–H groups in total. The van der Waals surface area contributed by atoms with Crippen LogP contribution in [0.25, 0.3) is 33.1 Å². The molecule has 0 aliphatic carbocycles. The predicted octanol–water partition coefficient (Wildman–Crippen LogP) is 5.70. The van der Waals surface area contributed by atoms with Gasteiger partial charge in [0.15, 0.2) is 11.6 Å². The Morgan fingerprint density at radius 2 is 2.00 bits per heavy atom. The molecule has 0 saturated carbocycles. The van der Waals surface area contributed by atoms with E-state index < -0.39 is 30.0 Å². The van der Waals surface area contributed by atoms with Gasteiger partial charge in [-0.2, -0.15) is 18.7 Å². The molecule has 250 valence electrons. The summed E-state index contributed by atoms with van der Waals surface area (Å²) in [5.74, 6) is -0.534. The van der Waals surface area contributed by atoms with Crippen LogP contribution in [0.5, 0.6) is 11.8 Å². The van der Waals surface area contributed by atoms with Crippen LogP contribution in [0.3, 0.4) is 0 Å². The molecule has 5 atom stereocenters. The number of fused-ring (bicyclic) bond motifs is 4. The summed E-state index contributed by atoms with van der Waals surface area (Å²) in [6, 6.07) is 4.08. The van der Waals surface area contributed by atoms with Crippen LogP contribution in [0.1, 0.15) is 45.6 Å². The molecule has 0 spiro atoms. The minimum atomic E-state index is -2.96. The second-order valence-electron chi connectivity index (χ2n) is 13.4. The van der Waals surface area contributed by atoms with Gasteiger partial charge in [0, 0.05) is 36.7 Å². The van der Waals surface area contributed by atoms with E-state index in [1.165, 1.54) is 12.1 Å². The van der Waals surface area contributed by atoms with E-state index in [-0.39, 0.29) is 81.1 Å². The molecule has 3 saturated heterocycles. The molecular formula is C32H35ClF4N8O2. The van der Waals surface area contributed by atoms with Crippen LogP contribution in [-0.2, 0) is 0 Å². The Hall–Kier alpha value is -3.62. The molecule has 0 unspecified atom stereocenters. The molecule has 10 nitrogen and oxygen atoms in total. The number of aromatic nitrogens is 4. The molecule has 3 fully saturated rings. The van der Waals surface area contributed by atoms with Crippen molar-refractivity contribution in [2.75, 3.05) is 43.5 Å². The van der Waals surface area contributed by atoms with Gasteiger partial charge in [-0.15, -0.1) is 0 Å². The summed E-state index contributed by atoms with van der Waals surface area (Å²) in [5.41, 5.74) is 11.9. The van der Waals surface area contributed by atoms with Crippen molar-refractivity contribution in [3.8, 4) is 22.9 Å². The first-order chi connectivity index (χ1) is 22.6. The number of nitrogen functional groups attached to an aromatic ring is 1. The molecule has 2 aromatic carbocycles. The standard InChI is InChI=1S/C32H35ClF4N8O2/c1-15-6-7-17(38)12-44-20(15)13-46-27-22-26(41-31(42-28(22)44)47-14-32-8-3-9-43(32)11-16(34)10-32)24(35)21(23(27)33)18-4-2-5-19-25(18)40-30(39)45(19)29(36)37/h2,4-5,15-17,20,29H,3,6-14,38H2,1H3,(H2,39,40)/t15-,16+,17+,20+,32-/m0/s1. The molecule has 4 aliphatic heterocycles. The fourth-order valence-electron chi connectivity index (χ4n) is 8.19. The van der Waals surface area contributed by atoms with Crippen LogP contribution in [0, 0.1) is 11.7 Å². The summed E-state index contributed by atoms with van der Waals surface area (Å²) >= 11 is 7.02. The van der Waals surface area contributed by atoms with Gasteiger partial charge < -0.3 is 25.8 Å². The van der Waals surface area contributed by atoms with E-state index in [1.807, 2.05) is 4.90 Å². The first-order valence-corrected chi connectivity index (χ1v) is 16.4. The van der Waals surface area contributed by atoms with Crippen molar-refractivity contribution in [1.82, 2.24) is 24.4 Å². The number of imidazole rings is 1. The van der Waals surface area contributed by atoms with Gasteiger partial charge >= 0.3 is 12.6 Å². The van der Waals surface area contributed by atoms with E-state index in [9.17, 15) is 13.2 Å². The summed E-state index contributed by atoms with van der Waals surface area (Å²) in [6.45, 7) is 1.09. The highest BCUT2D eigenvalue weighted by Gasteiger charge is 2.49. The Kier molecular flexibility index (Phi) is 7.34. The number of ether oxygens (including phenoxy) is 2. The van der Waals surface area contributed by atoms with Crippen LogP contribution >= 0.6 is 11.6 Å². The molecule has 47 heavy (non-hydrogen) atoms. The summed E-state index contributed by atoms with van der Waals surface area (Å²) in [5, 5.41) is 0.198. The summed E-state index contributed by atoms with van der Waals surface area (Å²) in [7, 11) is 0. The van der Waals surface area contributed by atoms with Crippen LogP contribution in [-0.4, -0.2) is 81.1 Å². The minimum Gasteiger partial charge on any atom is -0.489 e. The fourth-order valence-corrected chi connectivity index (χ4v) is 8.52. The Morgan fingerprint density at radius 1 is 1.17 bits per heavy atom. The van der Waals surface area contributed by atoms with Gasteiger partial charge in [0.1, 0.15) is 30.7 Å². The van der Waals surface area contributed by atoms with Crippen molar-refractivity contribution in [2.24, 2.45) is 11.7 Å². The van der Waals surface area contributed by atoms with Gasteiger partial charge in [0.25, 0.3) is 0 Å². The zero-order chi connectivity index (χ0) is 32.8. The first kappa shape index (κ1) is 30.7. The maximum absolute atomic E-state index is 17.1. The number of para-hydroxylation sites is 1. The first-order valence-electron chi connectivity index (χ1n) is 16.0. The number of nitrogens with two attached hydrogens (primary N) is 2. The van der Waals surface area contributed by atoms with E-state index >= 15 is 4.39 Å². The number of alkyl halides is 3. The normalized spacial score (nSPS) is 27.6. The largest absolute Gasteiger partial charge is 0.489 e. The second-order valence-corrected chi connectivity index (χ2v) is 13.8. The molecule has 0 bridgehead atoms. The number of benzene rings is 2. The molecule has 4 aromatic rings. The van der Waals surface area contributed by atoms with E-state index in [4.69, 9.17) is 37.5 Å². The third-order valence-corrected chi connectivity index (χ3v) is 10.9. The van der Waals surface area contributed by atoms with E-state index in [1.54, 1.807) is 6.07 Å². The molecule has 4 aliphatic rings. The lowest BCUT2D eigenvalue weighted by atomic mass is 9.95. The van der Waals surface area contributed by atoms with E-state index in [0.29, 0.717) is 29.9 Å². The van der Waals surface area contributed by atoms with Gasteiger partial charge in [-0.05, 0) is 44.2 Å². The lowest BCUT2D eigenvalue weighted by Crippen LogP contribution is -2.46. The number of halogens is 5. The molecule has 0 amide bonds. The van der Waals surface area contributed by atoms with Crippen molar-refractivity contribution in [1.29, 1.82) is 0 Å². The van der Waals surface area contributed by atoms with E-state index in [2.05, 4.69) is 21.8 Å². The van der Waals surface area contributed by atoms with Crippen molar-refractivity contribution < 1.29 is 27.0 Å². The number of anilines is 2. The third kappa shape index (κ3) is 4.77. The number of rotatable bonds is 5. The van der Waals surface area contributed by atoms with Crippen LogP contribution in [0.2, 0.25) is 5.02 Å². The molecule has 8 rings (SSSR count). The highest BCUT2D eigenvalue weighted by atomic mass is 35.5. The Morgan fingerprint density at radius 3 is 2.81 bits per heavy atom. The SMILES string of the molecule is C[C@H]1CC[C@@H](N)CN2c3nc(OC[C@@]45CCCN4C[C@H](F)C5)nc4c(F)c(-c5cccc6c5nc(N)n6C(F)F)c(Cl)c(c34)OC[C@H]12. The smallest absolute Gasteiger partial charge is 0.321 e. The monoisotopic (exact) mass is 674 g/mol. The van der Waals surface area contributed by atoms with Crippen molar-refractivity contribution in [2.45, 2.75) is 69.4 Å². The van der Waals surface area contributed by atoms with Gasteiger partial charge in [-0.3, -0.25) is 9.47 Å². The van der Waals surface area contributed by atoms with Crippen molar-refractivity contribution in [3.05, 3.63) is 29.0 Å². The maximum atomic E-state index is 17.1. The predicted molar refractivity (Wildman–Crippen MR) is 170 cm³/mol. The summed E-state index contributed by atoms with van der Waals surface area (Å²) in [4.78, 5) is 17.8. The number of hydrogen-bond donors (Lipinski definition) is 2. The fraction of sp³-hybridized carbons (Fsp3) is 0.531. The zero-order valence-electron chi connectivity index (χ0n) is 25.7. The second kappa shape index (κ2) is 11.2. The number of nitrogens with zero attached hydrogens (tertiary/aromatic N) is 6. The molecule has 0 radical (unpaired) electrons. The topological polar surface area (TPSA) is 121 Å². The average molecular weight is 675 g/mol. The number of hydrogen-bond acceptors (Lipinski definition) is 9. The highest BCUT2D eigenvalue weighted by molar-refractivity contribution is 6.37. The van der Waals surface area contributed by atoms with Crippen LogP contribution in [0.4, 0.5) is 29.3 Å². The van der Waals surface area contributed by atoms with Crippen molar-refractivity contribution in [3.63, 3.8) is 0 Å². The average Bonchev–Trinajstić information content (AvgIpc) is 3.61. The van der Waals surface area contributed by atoms with E-state index in [0.717, 1.165) is 32.2 Å². The lowest BCUT2D eigenvalue weighted by Gasteiger charge is -2.33. The Labute approximate surface area is 273 Å². The van der Waals surface area contributed by atoms with Gasteiger partial charge in [-0.1, -0.05) is 30.7 Å². The quantitative estimate of drug-likeness (QED) is 0.257. The molecule has 15 heteroatoms. The lowest BCUT2D eigenvalue weighted by molar-refractivity contribution is 0.0770. The van der Waals surface area contributed by atoms with Crippen LogP contribution in [0.15, 0.2) is 18.2 Å². The minimum absolute atomic E-state index is 0.0176. The Balaban J connectivity index is 1.34. The highest BCUT2D eigenvalue weighted by Crippen LogP contribution is 2.50. The molecule has 6 heterocycles. The van der Waals surface area contributed by atoms with Gasteiger partial charge in [-0.25, -0.2) is 13.8 Å².